The molecule has 3 atom stereocenters. The Morgan fingerprint density at radius 1 is 1.08 bits per heavy atom. The van der Waals surface area contributed by atoms with Crippen molar-refractivity contribution in [3.63, 3.8) is 0 Å². The third-order valence-corrected chi connectivity index (χ3v) is 1.48. The molecule has 0 aromatic heterocycles. The second-order valence-electron chi connectivity index (χ2n) is 3.36. The van der Waals surface area contributed by atoms with Crippen molar-refractivity contribution in [1.29, 1.82) is 0 Å². The first-order valence-electron chi connectivity index (χ1n) is 4.65. The highest BCUT2D eigenvalue weighted by Gasteiger charge is 2.07. The molecule has 0 fully saturated rings. The van der Waals surface area contributed by atoms with E-state index in [0.29, 0.717) is 13.2 Å². The highest BCUT2D eigenvalue weighted by atomic mass is 16.6. The molecule has 0 aromatic carbocycles. The van der Waals surface area contributed by atoms with Crippen LogP contribution in [0, 0.1) is 6.92 Å². The maximum absolute atomic E-state index is 5.47. The summed E-state index contributed by atoms with van der Waals surface area (Å²) >= 11 is 0. The molecule has 13 heavy (non-hydrogen) atoms. The van der Waals surface area contributed by atoms with Gasteiger partial charge in [-0.05, 0) is 27.7 Å². The van der Waals surface area contributed by atoms with Gasteiger partial charge in [-0.2, -0.15) is 0 Å². The quantitative estimate of drug-likeness (QED) is 0.609. The SMILES string of the molecule is [CH2]C(C)OC(C)COC(C)COC. The van der Waals surface area contributed by atoms with Crippen molar-refractivity contribution in [1.82, 2.24) is 0 Å². The minimum Gasteiger partial charge on any atom is -0.382 e. The molecule has 0 aliphatic carbocycles. The summed E-state index contributed by atoms with van der Waals surface area (Å²) in [5.74, 6) is 0. The van der Waals surface area contributed by atoms with Crippen molar-refractivity contribution in [3.05, 3.63) is 6.92 Å². The number of rotatable bonds is 7. The molecule has 0 bridgehead atoms. The van der Waals surface area contributed by atoms with Crippen LogP contribution in [0.15, 0.2) is 0 Å². The number of methoxy groups -OCH3 is 1. The summed E-state index contributed by atoms with van der Waals surface area (Å²) in [4.78, 5) is 0. The smallest absolute Gasteiger partial charge is 0.0784 e. The van der Waals surface area contributed by atoms with Gasteiger partial charge in [0.2, 0.25) is 0 Å². The minimum atomic E-state index is 0.0105. The third kappa shape index (κ3) is 8.22. The molecule has 0 N–H and O–H groups in total. The van der Waals surface area contributed by atoms with Crippen molar-refractivity contribution in [3.8, 4) is 0 Å². The maximum atomic E-state index is 5.47. The molecule has 0 aliphatic rings. The Balaban J connectivity index is 3.40. The van der Waals surface area contributed by atoms with E-state index in [-0.39, 0.29) is 18.3 Å². The molecule has 79 valence electrons. The summed E-state index contributed by atoms with van der Waals surface area (Å²) in [7, 11) is 1.66. The van der Waals surface area contributed by atoms with Gasteiger partial charge in [0.1, 0.15) is 0 Å². The lowest BCUT2D eigenvalue weighted by Gasteiger charge is -2.18. The van der Waals surface area contributed by atoms with E-state index in [1.54, 1.807) is 7.11 Å². The molecule has 3 heteroatoms. The average Bonchev–Trinajstić information content (AvgIpc) is 2.00. The van der Waals surface area contributed by atoms with Crippen LogP contribution in [0.1, 0.15) is 20.8 Å². The van der Waals surface area contributed by atoms with Crippen LogP contribution in [0.4, 0.5) is 0 Å². The first-order valence-corrected chi connectivity index (χ1v) is 4.65. The van der Waals surface area contributed by atoms with E-state index in [0.717, 1.165) is 0 Å². The molecule has 0 saturated heterocycles. The van der Waals surface area contributed by atoms with Crippen molar-refractivity contribution >= 4 is 0 Å². The summed E-state index contributed by atoms with van der Waals surface area (Å²) in [6.07, 6.45) is 0.222. The molecular weight excluding hydrogens is 168 g/mol. The summed E-state index contributed by atoms with van der Waals surface area (Å²) in [6.45, 7) is 10.8. The summed E-state index contributed by atoms with van der Waals surface area (Å²) in [5, 5.41) is 0. The van der Waals surface area contributed by atoms with Crippen LogP contribution in [0.5, 0.6) is 0 Å². The molecule has 0 aliphatic heterocycles. The van der Waals surface area contributed by atoms with Crippen molar-refractivity contribution in [2.75, 3.05) is 20.3 Å². The van der Waals surface area contributed by atoms with Crippen LogP contribution >= 0.6 is 0 Å². The van der Waals surface area contributed by atoms with Gasteiger partial charge >= 0.3 is 0 Å². The third-order valence-electron chi connectivity index (χ3n) is 1.48. The zero-order valence-electron chi connectivity index (χ0n) is 9.08. The van der Waals surface area contributed by atoms with Crippen LogP contribution in [0.25, 0.3) is 0 Å². The topological polar surface area (TPSA) is 27.7 Å². The zero-order valence-corrected chi connectivity index (χ0v) is 9.08. The van der Waals surface area contributed by atoms with E-state index >= 15 is 0 Å². The van der Waals surface area contributed by atoms with E-state index in [2.05, 4.69) is 6.92 Å². The zero-order chi connectivity index (χ0) is 10.3. The van der Waals surface area contributed by atoms with Gasteiger partial charge in [0.05, 0.1) is 31.5 Å². The number of hydrogen-bond acceptors (Lipinski definition) is 3. The number of ether oxygens (including phenoxy) is 3. The van der Waals surface area contributed by atoms with Crippen LogP contribution in [0.2, 0.25) is 0 Å². The van der Waals surface area contributed by atoms with Gasteiger partial charge in [0, 0.05) is 7.11 Å². The Kier molecular flexibility index (Phi) is 7.23. The van der Waals surface area contributed by atoms with Gasteiger partial charge in [-0.25, -0.2) is 0 Å². The van der Waals surface area contributed by atoms with Gasteiger partial charge in [-0.15, -0.1) is 0 Å². The summed E-state index contributed by atoms with van der Waals surface area (Å²) < 4.78 is 15.8. The maximum Gasteiger partial charge on any atom is 0.0784 e. The van der Waals surface area contributed by atoms with Crippen LogP contribution in [-0.4, -0.2) is 38.6 Å². The first-order chi connectivity index (χ1) is 6.06. The normalized spacial score (nSPS) is 16.2. The van der Waals surface area contributed by atoms with Gasteiger partial charge in [0.25, 0.3) is 0 Å². The lowest BCUT2D eigenvalue weighted by atomic mass is 10.4. The van der Waals surface area contributed by atoms with E-state index < -0.39 is 0 Å². The average molecular weight is 189 g/mol. The molecule has 0 spiro atoms. The highest BCUT2D eigenvalue weighted by Crippen LogP contribution is 2.00. The van der Waals surface area contributed by atoms with Crippen molar-refractivity contribution < 1.29 is 14.2 Å². The lowest BCUT2D eigenvalue weighted by Crippen LogP contribution is -2.25. The van der Waals surface area contributed by atoms with Gasteiger partial charge < -0.3 is 14.2 Å². The van der Waals surface area contributed by atoms with E-state index in [1.165, 1.54) is 0 Å². The van der Waals surface area contributed by atoms with Gasteiger partial charge in [0.15, 0.2) is 0 Å². The minimum absolute atomic E-state index is 0.0105. The fourth-order valence-electron chi connectivity index (χ4n) is 1.02. The molecule has 3 nitrogen and oxygen atoms in total. The van der Waals surface area contributed by atoms with Gasteiger partial charge in [-0.1, -0.05) is 0 Å². The largest absolute Gasteiger partial charge is 0.382 e. The molecule has 3 unspecified atom stereocenters. The Labute approximate surface area is 81.4 Å². The molecule has 0 aromatic rings. The van der Waals surface area contributed by atoms with Crippen molar-refractivity contribution in [2.45, 2.75) is 39.1 Å². The van der Waals surface area contributed by atoms with Crippen LogP contribution < -0.4 is 0 Å². The van der Waals surface area contributed by atoms with Gasteiger partial charge in [-0.3, -0.25) is 0 Å². The van der Waals surface area contributed by atoms with E-state index in [1.807, 2.05) is 20.8 Å². The second-order valence-corrected chi connectivity index (χ2v) is 3.36. The Bertz CT molecular complexity index is 115. The summed E-state index contributed by atoms with van der Waals surface area (Å²) in [6, 6.07) is 0. The molecule has 0 amide bonds. The fourth-order valence-corrected chi connectivity index (χ4v) is 1.02. The Hall–Kier alpha value is -0.120. The Morgan fingerprint density at radius 2 is 1.69 bits per heavy atom. The fraction of sp³-hybridized carbons (Fsp3) is 0.900. The lowest BCUT2D eigenvalue weighted by molar-refractivity contribution is -0.0620. The van der Waals surface area contributed by atoms with E-state index in [9.17, 15) is 0 Å². The molecule has 0 rings (SSSR count). The predicted octanol–water partition coefficient (Wildman–Crippen LogP) is 1.67. The molecule has 0 heterocycles. The first kappa shape index (κ1) is 12.9. The molecular formula is C10H21O3. The monoisotopic (exact) mass is 189 g/mol. The highest BCUT2D eigenvalue weighted by molar-refractivity contribution is 4.57. The molecule has 0 saturated carbocycles. The standard InChI is InChI=1S/C10H21O3/c1-8(2)13-10(4)7-12-9(3)6-11-5/h8-10H,1,6-7H2,2-5H3. The number of hydrogen-bond donors (Lipinski definition) is 0. The summed E-state index contributed by atoms with van der Waals surface area (Å²) in [5.41, 5.74) is 0. The van der Waals surface area contributed by atoms with Crippen LogP contribution in [0.3, 0.4) is 0 Å². The predicted molar refractivity (Wildman–Crippen MR) is 52.7 cm³/mol. The van der Waals surface area contributed by atoms with Crippen molar-refractivity contribution in [2.24, 2.45) is 0 Å². The van der Waals surface area contributed by atoms with Crippen LogP contribution in [-0.2, 0) is 14.2 Å². The van der Waals surface area contributed by atoms with E-state index in [4.69, 9.17) is 14.2 Å². The second kappa shape index (κ2) is 7.30. The molecule has 1 radical (unpaired) electrons. The Morgan fingerprint density at radius 3 is 2.15 bits per heavy atom.